The van der Waals surface area contributed by atoms with E-state index in [2.05, 4.69) is 23.7 Å². The number of halogens is 4. The van der Waals surface area contributed by atoms with E-state index < -0.39 is 48.9 Å². The monoisotopic (exact) mass is 532 g/mol. The molecule has 0 spiro atoms. The van der Waals surface area contributed by atoms with Crippen molar-refractivity contribution in [2.24, 2.45) is 0 Å². The van der Waals surface area contributed by atoms with Gasteiger partial charge in [-0.1, -0.05) is 17.7 Å². The van der Waals surface area contributed by atoms with Crippen molar-refractivity contribution in [3.63, 3.8) is 0 Å². The second-order valence-corrected chi connectivity index (χ2v) is 11.7. The number of rotatable bonds is 6. The lowest BCUT2D eigenvalue weighted by Crippen LogP contribution is -2.55. The molecule has 0 bridgehead atoms. The lowest BCUT2D eigenvalue weighted by Gasteiger charge is -2.41. The summed E-state index contributed by atoms with van der Waals surface area (Å²) in [6.07, 6.45) is 2.52. The van der Waals surface area contributed by atoms with Crippen LogP contribution >= 0.6 is 11.6 Å². The summed E-state index contributed by atoms with van der Waals surface area (Å²) in [5, 5.41) is -0.522. The van der Waals surface area contributed by atoms with Gasteiger partial charge in [-0.3, -0.25) is 9.62 Å². The first kappa shape index (κ1) is 26.0. The zero-order valence-electron chi connectivity index (χ0n) is 19.9. The number of hydrogen-bond donors (Lipinski definition) is 1. The van der Waals surface area contributed by atoms with Gasteiger partial charge in [0.05, 0.1) is 5.69 Å². The van der Waals surface area contributed by atoms with Crippen LogP contribution in [0.5, 0.6) is 0 Å². The molecule has 2 saturated heterocycles. The lowest BCUT2D eigenvalue weighted by atomic mass is 9.91. The van der Waals surface area contributed by atoms with Gasteiger partial charge in [0, 0.05) is 37.8 Å². The molecule has 1 N–H and O–H groups in total. The molecule has 0 saturated carbocycles. The molecule has 192 valence electrons. The predicted octanol–water partition coefficient (Wildman–Crippen LogP) is 4.42. The minimum absolute atomic E-state index is 0.000981. The van der Waals surface area contributed by atoms with E-state index in [1.165, 1.54) is 6.07 Å². The minimum atomic E-state index is -4.78. The topological polar surface area (TPSA) is 74.8 Å². The maximum absolute atomic E-state index is 15.2. The Hall–Kier alpha value is -2.08. The van der Waals surface area contributed by atoms with E-state index >= 15 is 8.78 Å². The van der Waals surface area contributed by atoms with Crippen LogP contribution in [0, 0.1) is 17.6 Å². The standard InChI is InChI=1S/C23H28ClF3N4O3S/c1-22(2)9-8-16(30(22)3)23(34-4)10-11-31(13-23)15-12-14(25)21(20(27)19(15)24)35(32,33)29-18-7-5-6-17(26)28-18/h5-7,12,16H,8-11,13H2,1-4H3,(H,28,29). The highest BCUT2D eigenvalue weighted by atomic mass is 35.5. The van der Waals surface area contributed by atoms with Gasteiger partial charge < -0.3 is 9.64 Å². The SMILES string of the molecule is COC1(C2CCC(C)(C)N2C)CCN(c2cc(F)c(S(=O)(=O)Nc3cccc(F)n3)c(F)c2Cl)C1. The number of anilines is 2. The molecule has 2 aromatic rings. The molecule has 1 aromatic carbocycles. The number of benzene rings is 1. The van der Waals surface area contributed by atoms with Gasteiger partial charge in [-0.25, -0.2) is 22.2 Å². The molecule has 4 rings (SSSR count). The average Bonchev–Trinajstić information content (AvgIpc) is 3.32. The highest BCUT2D eigenvalue weighted by Crippen LogP contribution is 2.45. The first-order chi connectivity index (χ1) is 16.3. The average molecular weight is 533 g/mol. The van der Waals surface area contributed by atoms with Crippen molar-refractivity contribution < 1.29 is 26.3 Å². The van der Waals surface area contributed by atoms with Crippen molar-refractivity contribution in [2.75, 3.05) is 36.9 Å². The van der Waals surface area contributed by atoms with Crippen LogP contribution < -0.4 is 9.62 Å². The molecule has 12 heteroatoms. The van der Waals surface area contributed by atoms with Crippen LogP contribution in [0.2, 0.25) is 5.02 Å². The second kappa shape index (κ2) is 9.10. The Morgan fingerprint density at radius 3 is 2.54 bits per heavy atom. The van der Waals surface area contributed by atoms with Crippen LogP contribution in [0.25, 0.3) is 0 Å². The zero-order valence-corrected chi connectivity index (χ0v) is 21.5. The van der Waals surface area contributed by atoms with Gasteiger partial charge in [0.1, 0.15) is 22.3 Å². The second-order valence-electron chi connectivity index (χ2n) is 9.70. The first-order valence-corrected chi connectivity index (χ1v) is 13.0. The van der Waals surface area contributed by atoms with E-state index in [1.807, 2.05) is 11.8 Å². The number of likely N-dealkylation sites (tertiary alicyclic amines) is 1. The summed E-state index contributed by atoms with van der Waals surface area (Å²) in [5.41, 5.74) is -0.531. The normalized spacial score (nSPS) is 24.8. The van der Waals surface area contributed by atoms with Crippen LogP contribution in [-0.4, -0.2) is 62.7 Å². The van der Waals surface area contributed by atoms with Gasteiger partial charge >= 0.3 is 0 Å². The van der Waals surface area contributed by atoms with Crippen LogP contribution in [0.15, 0.2) is 29.2 Å². The van der Waals surface area contributed by atoms with Gasteiger partial charge in [-0.05, 0) is 52.3 Å². The molecule has 7 nitrogen and oxygen atoms in total. The number of nitrogens with zero attached hydrogens (tertiary/aromatic N) is 3. The Balaban J connectivity index is 1.64. The van der Waals surface area contributed by atoms with Gasteiger partial charge in [-0.2, -0.15) is 4.39 Å². The summed E-state index contributed by atoms with van der Waals surface area (Å²) < 4.78 is 77.0. The number of sulfonamides is 1. The number of ether oxygens (including phenoxy) is 1. The third-order valence-electron chi connectivity index (χ3n) is 7.39. The fraction of sp³-hybridized carbons (Fsp3) is 0.522. The summed E-state index contributed by atoms with van der Waals surface area (Å²) in [6, 6.07) is 4.38. The first-order valence-electron chi connectivity index (χ1n) is 11.2. The van der Waals surface area contributed by atoms with Gasteiger partial charge in [-0.15, -0.1) is 0 Å². The van der Waals surface area contributed by atoms with E-state index in [9.17, 15) is 12.8 Å². The maximum atomic E-state index is 15.2. The summed E-state index contributed by atoms with van der Waals surface area (Å²) in [7, 11) is -1.10. The largest absolute Gasteiger partial charge is 0.375 e. The minimum Gasteiger partial charge on any atom is -0.375 e. The maximum Gasteiger partial charge on any atom is 0.268 e. The van der Waals surface area contributed by atoms with Crippen LogP contribution in [-0.2, 0) is 14.8 Å². The fourth-order valence-corrected chi connectivity index (χ4v) is 6.65. The third kappa shape index (κ3) is 4.59. The molecular weight excluding hydrogens is 505 g/mol. The predicted molar refractivity (Wildman–Crippen MR) is 128 cm³/mol. The Kier molecular flexibility index (Phi) is 6.76. The molecule has 0 aliphatic carbocycles. The Labute approximate surface area is 208 Å². The molecule has 0 amide bonds. The number of nitrogens with one attached hydrogen (secondary N) is 1. The quantitative estimate of drug-likeness (QED) is 0.438. The summed E-state index contributed by atoms with van der Waals surface area (Å²) >= 11 is 6.25. The molecule has 1 aromatic heterocycles. The number of pyridine rings is 1. The highest BCUT2D eigenvalue weighted by molar-refractivity contribution is 7.92. The fourth-order valence-electron chi connectivity index (χ4n) is 5.18. The lowest BCUT2D eigenvalue weighted by molar-refractivity contribution is -0.0587. The van der Waals surface area contributed by atoms with E-state index in [-0.39, 0.29) is 17.3 Å². The van der Waals surface area contributed by atoms with Crippen molar-refractivity contribution in [3.05, 3.63) is 46.9 Å². The van der Waals surface area contributed by atoms with Gasteiger partial charge in [0.15, 0.2) is 10.7 Å². The number of hydrogen-bond acceptors (Lipinski definition) is 6. The van der Waals surface area contributed by atoms with Gasteiger partial charge in [0.25, 0.3) is 10.0 Å². The molecule has 0 radical (unpaired) electrons. The molecule has 2 aliphatic heterocycles. The van der Waals surface area contributed by atoms with Crippen molar-refractivity contribution in [1.29, 1.82) is 0 Å². The Bertz CT molecular complexity index is 1250. The van der Waals surface area contributed by atoms with E-state index in [1.54, 1.807) is 12.0 Å². The Morgan fingerprint density at radius 2 is 1.94 bits per heavy atom. The van der Waals surface area contributed by atoms with E-state index in [0.29, 0.717) is 19.5 Å². The number of likely N-dealkylation sites (N-methyl/N-ethyl adjacent to an activating group) is 1. The molecular formula is C23H28ClF3N4O3S. The van der Waals surface area contributed by atoms with E-state index in [0.717, 1.165) is 31.0 Å². The summed E-state index contributed by atoms with van der Waals surface area (Å²) in [6.45, 7) is 5.09. The molecule has 2 unspecified atom stereocenters. The Morgan fingerprint density at radius 1 is 1.23 bits per heavy atom. The third-order valence-corrected chi connectivity index (χ3v) is 9.14. The number of methoxy groups -OCH3 is 1. The zero-order chi connectivity index (χ0) is 25.8. The van der Waals surface area contributed by atoms with Crippen molar-refractivity contribution in [3.8, 4) is 0 Å². The van der Waals surface area contributed by atoms with Crippen LogP contribution in [0.4, 0.5) is 24.7 Å². The van der Waals surface area contributed by atoms with Crippen molar-refractivity contribution in [1.82, 2.24) is 9.88 Å². The molecule has 35 heavy (non-hydrogen) atoms. The summed E-state index contributed by atoms with van der Waals surface area (Å²) in [5.74, 6) is -4.12. The molecule has 2 aliphatic rings. The smallest absolute Gasteiger partial charge is 0.268 e. The van der Waals surface area contributed by atoms with Crippen LogP contribution in [0.1, 0.15) is 33.1 Å². The number of aromatic nitrogens is 1. The van der Waals surface area contributed by atoms with Crippen molar-refractivity contribution in [2.45, 2.75) is 55.2 Å². The molecule has 2 fully saturated rings. The van der Waals surface area contributed by atoms with Gasteiger partial charge in [0.2, 0.25) is 5.95 Å². The van der Waals surface area contributed by atoms with Crippen LogP contribution in [0.3, 0.4) is 0 Å². The van der Waals surface area contributed by atoms with E-state index in [4.69, 9.17) is 16.3 Å². The summed E-state index contributed by atoms with van der Waals surface area (Å²) in [4.78, 5) is 6.11. The highest BCUT2D eigenvalue weighted by Gasteiger charge is 2.52. The molecule has 3 heterocycles. The molecule has 2 atom stereocenters. The van der Waals surface area contributed by atoms with Crippen molar-refractivity contribution >= 4 is 33.1 Å².